The van der Waals surface area contributed by atoms with Gasteiger partial charge in [0.05, 0.1) is 5.69 Å². The molecule has 0 aliphatic carbocycles. The number of aryl methyl sites for hydroxylation is 3. The number of anilines is 1. The molecule has 0 radical (unpaired) electrons. The summed E-state index contributed by atoms with van der Waals surface area (Å²) in [5.41, 5.74) is 5.11. The Labute approximate surface area is 204 Å². The molecule has 2 aromatic heterocycles. The third-order valence-corrected chi connectivity index (χ3v) is 6.10. The molecule has 1 amide bonds. The maximum atomic E-state index is 13.8. The molecule has 4 aromatic rings. The molecular weight excluding hydrogens is 446 g/mol. The highest BCUT2D eigenvalue weighted by atomic mass is 35.5. The van der Waals surface area contributed by atoms with Gasteiger partial charge >= 0.3 is 0 Å². The summed E-state index contributed by atoms with van der Waals surface area (Å²) in [4.78, 5) is 31.3. The lowest BCUT2D eigenvalue weighted by molar-refractivity contribution is 0.102. The lowest BCUT2D eigenvalue weighted by Crippen LogP contribution is -2.27. The maximum absolute atomic E-state index is 13.8. The van der Waals surface area contributed by atoms with Crippen LogP contribution in [-0.4, -0.2) is 15.5 Å². The van der Waals surface area contributed by atoms with Crippen LogP contribution in [0.1, 0.15) is 41.0 Å². The zero-order chi connectivity index (χ0) is 24.2. The number of benzene rings is 2. The largest absolute Gasteiger partial charge is 0.321 e. The fourth-order valence-electron chi connectivity index (χ4n) is 4.25. The third-order valence-electron chi connectivity index (χ3n) is 5.87. The van der Waals surface area contributed by atoms with Crippen LogP contribution in [0.15, 0.2) is 77.9 Å². The highest BCUT2D eigenvalue weighted by molar-refractivity contribution is 6.30. The molecule has 0 bridgehead atoms. The predicted molar refractivity (Wildman–Crippen MR) is 138 cm³/mol. The smallest absolute Gasteiger partial charge is 0.261 e. The van der Waals surface area contributed by atoms with E-state index in [4.69, 9.17) is 11.6 Å². The van der Waals surface area contributed by atoms with Crippen molar-refractivity contribution in [3.05, 3.63) is 111 Å². The maximum Gasteiger partial charge on any atom is 0.261 e. The molecule has 0 atom stereocenters. The van der Waals surface area contributed by atoms with Gasteiger partial charge < -0.3 is 9.88 Å². The Hall–Kier alpha value is -3.70. The van der Waals surface area contributed by atoms with Crippen molar-refractivity contribution in [2.75, 3.05) is 5.32 Å². The van der Waals surface area contributed by atoms with Crippen LogP contribution in [-0.2, 0) is 12.8 Å². The van der Waals surface area contributed by atoms with Crippen molar-refractivity contribution >= 4 is 23.2 Å². The van der Waals surface area contributed by atoms with Gasteiger partial charge in [-0.1, -0.05) is 49.7 Å². The first-order valence-corrected chi connectivity index (χ1v) is 11.7. The van der Waals surface area contributed by atoms with E-state index in [-0.39, 0.29) is 11.0 Å². The van der Waals surface area contributed by atoms with Crippen molar-refractivity contribution in [2.24, 2.45) is 0 Å². The number of aromatic nitrogens is 2. The van der Waals surface area contributed by atoms with Gasteiger partial charge in [0.2, 0.25) is 0 Å². The number of rotatable bonds is 6. The van der Waals surface area contributed by atoms with E-state index in [2.05, 4.69) is 10.3 Å². The highest BCUT2D eigenvalue weighted by Crippen LogP contribution is 2.29. The molecule has 6 heteroatoms. The average molecular weight is 472 g/mol. The van der Waals surface area contributed by atoms with Crippen LogP contribution in [0, 0.1) is 6.92 Å². The summed E-state index contributed by atoms with van der Waals surface area (Å²) >= 11 is 6.29. The quantitative estimate of drug-likeness (QED) is 0.362. The Morgan fingerprint density at radius 1 is 1.00 bits per heavy atom. The molecular formula is C28H26ClN3O2. The molecule has 34 heavy (non-hydrogen) atoms. The zero-order valence-electron chi connectivity index (χ0n) is 19.4. The van der Waals surface area contributed by atoms with E-state index in [9.17, 15) is 9.59 Å². The third kappa shape index (κ3) is 4.52. The number of amides is 1. The molecule has 2 heterocycles. The number of pyridine rings is 2. The molecule has 0 unspecified atom stereocenters. The summed E-state index contributed by atoms with van der Waals surface area (Å²) in [5.74, 6) is -0.449. The number of nitrogens with zero attached hydrogens (tertiary/aromatic N) is 2. The van der Waals surface area contributed by atoms with Crippen LogP contribution < -0.4 is 10.7 Å². The Bertz CT molecular complexity index is 1390. The lowest BCUT2D eigenvalue weighted by atomic mass is 10.0. The summed E-state index contributed by atoms with van der Waals surface area (Å²) < 4.78 is 1.88. The van der Waals surface area contributed by atoms with E-state index in [1.165, 1.54) is 6.07 Å². The lowest BCUT2D eigenvalue weighted by Gasteiger charge is -2.21. The summed E-state index contributed by atoms with van der Waals surface area (Å²) in [6.45, 7) is 5.93. The molecule has 0 saturated carbocycles. The Morgan fingerprint density at radius 3 is 2.32 bits per heavy atom. The fraction of sp³-hybridized carbons (Fsp3) is 0.179. The average Bonchev–Trinajstić information content (AvgIpc) is 2.84. The number of hydrogen-bond donors (Lipinski definition) is 1. The van der Waals surface area contributed by atoms with E-state index in [1.807, 2.05) is 67.8 Å². The molecule has 4 rings (SSSR count). The molecule has 0 aliphatic rings. The summed E-state index contributed by atoms with van der Waals surface area (Å²) in [6, 6.07) is 18.4. The number of nitrogens with one attached hydrogen (secondary N) is 1. The predicted octanol–water partition coefficient (Wildman–Crippen LogP) is 6.24. The van der Waals surface area contributed by atoms with Crippen molar-refractivity contribution in [3.63, 3.8) is 0 Å². The minimum absolute atomic E-state index is 0.0616. The van der Waals surface area contributed by atoms with Gasteiger partial charge in [0, 0.05) is 46.1 Å². The normalized spacial score (nSPS) is 10.8. The van der Waals surface area contributed by atoms with E-state index < -0.39 is 5.91 Å². The van der Waals surface area contributed by atoms with Gasteiger partial charge in [-0.2, -0.15) is 0 Å². The minimum Gasteiger partial charge on any atom is -0.321 e. The molecule has 0 spiro atoms. The van der Waals surface area contributed by atoms with Crippen molar-refractivity contribution in [2.45, 2.75) is 33.6 Å². The van der Waals surface area contributed by atoms with Crippen LogP contribution in [0.3, 0.4) is 0 Å². The van der Waals surface area contributed by atoms with Gasteiger partial charge in [-0.25, -0.2) is 0 Å². The molecule has 0 saturated heterocycles. The molecule has 1 N–H and O–H groups in total. The first kappa shape index (κ1) is 23.5. The van der Waals surface area contributed by atoms with Crippen LogP contribution in [0.5, 0.6) is 0 Å². The van der Waals surface area contributed by atoms with Crippen molar-refractivity contribution in [3.8, 4) is 16.9 Å². The molecule has 172 valence electrons. The zero-order valence-corrected chi connectivity index (χ0v) is 20.2. The van der Waals surface area contributed by atoms with Crippen LogP contribution in [0.2, 0.25) is 5.02 Å². The van der Waals surface area contributed by atoms with Gasteiger partial charge in [0.25, 0.3) is 5.91 Å². The van der Waals surface area contributed by atoms with Crippen molar-refractivity contribution < 1.29 is 4.79 Å². The molecule has 5 nitrogen and oxygen atoms in total. The number of hydrogen-bond acceptors (Lipinski definition) is 3. The first-order chi connectivity index (χ1) is 16.4. The minimum atomic E-state index is -0.449. The van der Waals surface area contributed by atoms with E-state index in [0.29, 0.717) is 22.0 Å². The number of halogens is 1. The summed E-state index contributed by atoms with van der Waals surface area (Å²) in [7, 11) is 0. The Kier molecular flexibility index (Phi) is 6.94. The van der Waals surface area contributed by atoms with Crippen LogP contribution in [0.25, 0.3) is 16.9 Å². The van der Waals surface area contributed by atoms with E-state index >= 15 is 0 Å². The van der Waals surface area contributed by atoms with Crippen LogP contribution in [0.4, 0.5) is 5.69 Å². The van der Waals surface area contributed by atoms with E-state index in [0.717, 1.165) is 35.3 Å². The second kappa shape index (κ2) is 10.1. The van der Waals surface area contributed by atoms with Crippen molar-refractivity contribution in [1.29, 1.82) is 0 Å². The van der Waals surface area contributed by atoms with Gasteiger partial charge in [-0.15, -0.1) is 0 Å². The number of carbonyl (C=O) groups is 1. The Morgan fingerprint density at radius 2 is 1.71 bits per heavy atom. The second-order valence-electron chi connectivity index (χ2n) is 8.04. The first-order valence-electron chi connectivity index (χ1n) is 11.3. The van der Waals surface area contributed by atoms with Gasteiger partial charge in [-0.05, 0) is 61.2 Å². The topological polar surface area (TPSA) is 64.0 Å². The molecule has 0 aliphatic heterocycles. The SMILES string of the molecule is CCc1cccc(CC)c1NC(=O)c1c(-c2cccnc2)n(-c2cccc(Cl)c2)c(C)cc1=O. The molecule has 2 aromatic carbocycles. The standard InChI is InChI=1S/C28H26ClN3O2/c1-4-19-9-6-10-20(5-2)26(19)31-28(34)25-24(33)15-18(3)32(23-13-7-12-22(29)16-23)27(25)21-11-8-14-30-17-21/h6-17H,4-5H2,1-3H3,(H,31,34). The fourth-order valence-corrected chi connectivity index (χ4v) is 4.44. The van der Waals surface area contributed by atoms with Crippen molar-refractivity contribution in [1.82, 2.24) is 9.55 Å². The monoisotopic (exact) mass is 471 g/mol. The second-order valence-corrected chi connectivity index (χ2v) is 8.48. The van der Waals surface area contributed by atoms with Crippen LogP contribution >= 0.6 is 11.6 Å². The highest BCUT2D eigenvalue weighted by Gasteiger charge is 2.24. The molecule has 0 fully saturated rings. The van der Waals surface area contributed by atoms with Gasteiger partial charge in [0.1, 0.15) is 5.56 Å². The number of para-hydroxylation sites is 1. The summed E-state index contributed by atoms with van der Waals surface area (Å²) in [6.07, 6.45) is 4.84. The van der Waals surface area contributed by atoms with Gasteiger partial charge in [0.15, 0.2) is 5.43 Å². The Balaban J connectivity index is 1.98. The van der Waals surface area contributed by atoms with Gasteiger partial charge in [-0.3, -0.25) is 14.6 Å². The number of carbonyl (C=O) groups excluding carboxylic acids is 1. The van der Waals surface area contributed by atoms with E-state index in [1.54, 1.807) is 24.5 Å². The summed E-state index contributed by atoms with van der Waals surface area (Å²) in [5, 5.41) is 3.62.